The highest BCUT2D eigenvalue weighted by Gasteiger charge is 2.49. The van der Waals surface area contributed by atoms with Crippen LogP contribution in [0.5, 0.6) is 0 Å². The van der Waals surface area contributed by atoms with Crippen LogP contribution < -0.4 is 0 Å². The first-order chi connectivity index (χ1) is 10.6. The monoisotopic (exact) mass is 330 g/mol. The van der Waals surface area contributed by atoms with Crippen molar-refractivity contribution in [2.24, 2.45) is 0 Å². The highest BCUT2D eigenvalue weighted by atomic mass is 16.8. The molecule has 23 heavy (non-hydrogen) atoms. The maximum absolute atomic E-state index is 11.5. The van der Waals surface area contributed by atoms with Crippen molar-refractivity contribution in [3.05, 3.63) is 12.2 Å². The molecule has 0 aromatic rings. The minimum absolute atomic E-state index is 0.267. The van der Waals surface area contributed by atoms with Crippen LogP contribution in [0.25, 0.3) is 0 Å². The third-order valence-electron chi connectivity index (χ3n) is 3.62. The number of aliphatic hydroxyl groups excluding tert-OH is 1. The number of carbonyl (C=O) groups excluding carboxylic acids is 1. The van der Waals surface area contributed by atoms with E-state index in [1.807, 2.05) is 0 Å². The minimum Gasteiger partial charge on any atom is -0.463 e. The normalized spacial score (nSPS) is 33.9. The lowest BCUT2D eigenvalue weighted by molar-refractivity contribution is -0.178. The van der Waals surface area contributed by atoms with Crippen molar-refractivity contribution in [1.82, 2.24) is 0 Å². The van der Waals surface area contributed by atoms with Gasteiger partial charge in [-0.25, -0.2) is 4.79 Å². The fourth-order valence-corrected chi connectivity index (χ4v) is 2.69. The van der Waals surface area contributed by atoms with Crippen LogP contribution >= 0.6 is 0 Å². The largest absolute Gasteiger partial charge is 0.463 e. The predicted octanol–water partition coefficient (Wildman–Crippen LogP) is 1.14. The van der Waals surface area contributed by atoms with Gasteiger partial charge in [-0.3, -0.25) is 0 Å². The number of ether oxygens (including phenoxy) is 5. The molecule has 2 aliphatic heterocycles. The summed E-state index contributed by atoms with van der Waals surface area (Å²) in [6.45, 7) is 9.37. The van der Waals surface area contributed by atoms with Crippen molar-refractivity contribution in [3.63, 3.8) is 0 Å². The van der Waals surface area contributed by atoms with Crippen LogP contribution in [0.1, 0.15) is 34.6 Å². The highest BCUT2D eigenvalue weighted by molar-refractivity contribution is 5.81. The minimum atomic E-state index is -0.949. The molecule has 4 atom stereocenters. The Labute approximate surface area is 136 Å². The molecule has 132 valence electrons. The van der Waals surface area contributed by atoms with E-state index in [9.17, 15) is 9.90 Å². The lowest BCUT2D eigenvalue weighted by Crippen LogP contribution is -2.44. The number of hydrogen-bond donors (Lipinski definition) is 1. The summed E-state index contributed by atoms with van der Waals surface area (Å²) in [4.78, 5) is 11.5. The number of hydrogen-bond acceptors (Lipinski definition) is 7. The summed E-state index contributed by atoms with van der Waals surface area (Å²) in [5.74, 6) is -2.07. The molecule has 0 aromatic carbocycles. The maximum atomic E-state index is 11.5. The molecule has 2 heterocycles. The van der Waals surface area contributed by atoms with E-state index in [1.54, 1.807) is 40.7 Å². The molecule has 0 amide bonds. The van der Waals surface area contributed by atoms with E-state index in [4.69, 9.17) is 23.7 Å². The van der Waals surface area contributed by atoms with Gasteiger partial charge in [-0.2, -0.15) is 0 Å². The molecule has 2 rings (SSSR count). The van der Waals surface area contributed by atoms with E-state index in [-0.39, 0.29) is 6.61 Å². The van der Waals surface area contributed by atoms with E-state index < -0.39 is 42.0 Å². The van der Waals surface area contributed by atoms with E-state index in [0.29, 0.717) is 6.61 Å². The van der Waals surface area contributed by atoms with Crippen LogP contribution in [0.2, 0.25) is 0 Å². The average Bonchev–Trinajstić information content (AvgIpc) is 2.95. The number of carbonyl (C=O) groups is 1. The van der Waals surface area contributed by atoms with Crippen LogP contribution in [-0.4, -0.2) is 60.3 Å². The quantitative estimate of drug-likeness (QED) is 0.598. The van der Waals surface area contributed by atoms with Gasteiger partial charge in [-0.05, 0) is 40.7 Å². The number of aliphatic hydroxyl groups is 1. The predicted molar refractivity (Wildman–Crippen MR) is 80.5 cm³/mol. The molecular formula is C16H26O7. The highest BCUT2D eigenvalue weighted by Crippen LogP contribution is 2.34. The molecule has 2 saturated heterocycles. The van der Waals surface area contributed by atoms with Crippen LogP contribution in [0.4, 0.5) is 0 Å². The molecule has 1 N–H and O–H groups in total. The Morgan fingerprint density at radius 3 is 2.52 bits per heavy atom. The van der Waals surface area contributed by atoms with Crippen LogP contribution in [-0.2, 0) is 28.5 Å². The summed E-state index contributed by atoms with van der Waals surface area (Å²) >= 11 is 0. The van der Waals surface area contributed by atoms with Gasteiger partial charge in [0.25, 0.3) is 0 Å². The van der Waals surface area contributed by atoms with Crippen LogP contribution in [0.15, 0.2) is 12.2 Å². The van der Waals surface area contributed by atoms with Gasteiger partial charge in [0.2, 0.25) is 0 Å². The topological polar surface area (TPSA) is 83.5 Å². The van der Waals surface area contributed by atoms with E-state index >= 15 is 0 Å². The lowest BCUT2D eigenvalue weighted by atomic mass is 10.0. The first-order valence-corrected chi connectivity index (χ1v) is 7.84. The van der Waals surface area contributed by atoms with Gasteiger partial charge >= 0.3 is 5.97 Å². The molecule has 0 spiro atoms. The van der Waals surface area contributed by atoms with Gasteiger partial charge in [0.05, 0.1) is 13.2 Å². The molecule has 7 heteroatoms. The summed E-state index contributed by atoms with van der Waals surface area (Å²) in [5.41, 5.74) is 0. The van der Waals surface area contributed by atoms with Crippen molar-refractivity contribution >= 4 is 5.97 Å². The zero-order valence-corrected chi connectivity index (χ0v) is 14.3. The lowest BCUT2D eigenvalue weighted by Gasteiger charge is -2.26. The van der Waals surface area contributed by atoms with Crippen molar-refractivity contribution in [2.45, 2.75) is 70.6 Å². The first kappa shape index (κ1) is 18.4. The standard InChI is InChI=1S/C16H26O7/c1-6-19-12(17)8-7-10-14(23-16(4,5)21-10)13(18)11-9-20-15(2,3)22-11/h7-8,10-11,13-14,18H,6,9H2,1-5H3/b8-7+/t10-,11+,13-,14-/m1/s1. The van der Waals surface area contributed by atoms with Gasteiger partial charge in [0, 0.05) is 6.08 Å². The smallest absolute Gasteiger partial charge is 0.330 e. The van der Waals surface area contributed by atoms with Gasteiger partial charge in [0.15, 0.2) is 11.6 Å². The Morgan fingerprint density at radius 2 is 1.96 bits per heavy atom. The molecule has 7 nitrogen and oxygen atoms in total. The van der Waals surface area contributed by atoms with Crippen molar-refractivity contribution in [1.29, 1.82) is 0 Å². The summed E-state index contributed by atoms with van der Waals surface area (Å²) in [6, 6.07) is 0. The number of rotatable bonds is 5. The second kappa shape index (κ2) is 6.86. The Bertz CT molecular complexity index is 457. The molecule has 0 aliphatic carbocycles. The zero-order valence-electron chi connectivity index (χ0n) is 14.3. The van der Waals surface area contributed by atoms with Gasteiger partial charge < -0.3 is 28.8 Å². The van der Waals surface area contributed by atoms with Crippen molar-refractivity contribution < 1.29 is 33.6 Å². The SMILES string of the molecule is CCOC(=O)/C=C/[C@H]1OC(C)(C)O[C@H]1[C@H](O)[C@@H]1COC(C)(C)O1. The molecule has 0 bridgehead atoms. The fraction of sp³-hybridized carbons (Fsp3) is 0.812. The molecular weight excluding hydrogens is 304 g/mol. The Morgan fingerprint density at radius 1 is 1.26 bits per heavy atom. The van der Waals surface area contributed by atoms with E-state index in [2.05, 4.69) is 0 Å². The first-order valence-electron chi connectivity index (χ1n) is 7.84. The Hall–Kier alpha value is -0.990. The Kier molecular flexibility index (Phi) is 5.48. The number of esters is 1. The van der Waals surface area contributed by atoms with Gasteiger partial charge in [0.1, 0.15) is 24.4 Å². The molecule has 0 aromatic heterocycles. The maximum Gasteiger partial charge on any atom is 0.330 e. The van der Waals surface area contributed by atoms with Crippen LogP contribution in [0, 0.1) is 0 Å². The third-order valence-corrected chi connectivity index (χ3v) is 3.62. The van der Waals surface area contributed by atoms with Crippen molar-refractivity contribution in [2.75, 3.05) is 13.2 Å². The Balaban J connectivity index is 2.06. The van der Waals surface area contributed by atoms with E-state index in [1.165, 1.54) is 6.08 Å². The van der Waals surface area contributed by atoms with Gasteiger partial charge in [-0.15, -0.1) is 0 Å². The summed E-state index contributed by atoms with van der Waals surface area (Å²) in [7, 11) is 0. The van der Waals surface area contributed by atoms with Crippen molar-refractivity contribution in [3.8, 4) is 0 Å². The fourth-order valence-electron chi connectivity index (χ4n) is 2.69. The second-order valence-corrected chi connectivity index (χ2v) is 6.53. The third kappa shape index (κ3) is 4.74. The molecule has 0 unspecified atom stereocenters. The summed E-state index contributed by atoms with van der Waals surface area (Å²) in [6.07, 6.45) is 0.104. The zero-order chi connectivity index (χ0) is 17.3. The molecule has 0 saturated carbocycles. The molecule has 2 aliphatic rings. The second-order valence-electron chi connectivity index (χ2n) is 6.53. The van der Waals surface area contributed by atoms with Gasteiger partial charge in [-0.1, -0.05) is 0 Å². The molecule has 2 fully saturated rings. The average molecular weight is 330 g/mol. The van der Waals surface area contributed by atoms with E-state index in [0.717, 1.165) is 0 Å². The summed E-state index contributed by atoms with van der Waals surface area (Å²) < 4.78 is 27.5. The molecule has 0 radical (unpaired) electrons. The summed E-state index contributed by atoms with van der Waals surface area (Å²) in [5, 5.41) is 10.6. The van der Waals surface area contributed by atoms with Crippen LogP contribution in [0.3, 0.4) is 0 Å².